The van der Waals surface area contributed by atoms with Gasteiger partial charge in [-0.15, -0.1) is 0 Å². The van der Waals surface area contributed by atoms with E-state index in [0.717, 1.165) is 17.7 Å². The fourth-order valence-corrected chi connectivity index (χ4v) is 2.16. The van der Waals surface area contributed by atoms with Gasteiger partial charge in [0.1, 0.15) is 5.75 Å². The molecule has 2 aromatic rings. The van der Waals surface area contributed by atoms with Crippen LogP contribution in [0.2, 0.25) is 0 Å². The molecule has 0 aliphatic rings. The van der Waals surface area contributed by atoms with Crippen LogP contribution in [0.4, 0.5) is 11.4 Å². The molecule has 0 fully saturated rings. The average molecular weight is 343 g/mol. The largest absolute Gasteiger partial charge is 0.484 e. The first-order chi connectivity index (χ1) is 12.1. The summed E-state index contributed by atoms with van der Waals surface area (Å²) in [4.78, 5) is 21.9. The maximum atomic E-state index is 11.8. The topological polar surface area (TPSA) is 93.5 Å². The van der Waals surface area contributed by atoms with Crippen LogP contribution in [-0.4, -0.2) is 30.5 Å². The van der Waals surface area contributed by atoms with E-state index in [2.05, 4.69) is 17.6 Å². The monoisotopic (exact) mass is 343 g/mol. The number of ether oxygens (including phenoxy) is 1. The van der Waals surface area contributed by atoms with Crippen molar-refractivity contribution in [3.63, 3.8) is 0 Å². The molecule has 132 valence electrons. The van der Waals surface area contributed by atoms with Gasteiger partial charge in [-0.25, -0.2) is 0 Å². The maximum Gasteiger partial charge on any atom is 0.269 e. The summed E-state index contributed by atoms with van der Waals surface area (Å²) >= 11 is 0. The first-order valence-corrected chi connectivity index (χ1v) is 8.05. The average Bonchev–Trinajstić information content (AvgIpc) is 2.64. The second-order valence-corrected chi connectivity index (χ2v) is 5.37. The van der Waals surface area contributed by atoms with E-state index in [1.165, 1.54) is 12.1 Å². The molecule has 1 amide bonds. The Kier molecular flexibility index (Phi) is 6.76. The van der Waals surface area contributed by atoms with E-state index in [9.17, 15) is 14.9 Å². The van der Waals surface area contributed by atoms with Crippen LogP contribution in [0.5, 0.6) is 5.75 Å². The number of amides is 1. The summed E-state index contributed by atoms with van der Waals surface area (Å²) in [5.74, 6) is 0.478. The highest BCUT2D eigenvalue weighted by molar-refractivity contribution is 5.77. The van der Waals surface area contributed by atoms with Crippen molar-refractivity contribution < 1.29 is 14.5 Å². The number of anilines is 1. The van der Waals surface area contributed by atoms with Crippen molar-refractivity contribution in [3.8, 4) is 5.75 Å². The molecule has 7 nitrogen and oxygen atoms in total. The molecule has 0 bridgehead atoms. The number of carbonyl (C=O) groups is 1. The van der Waals surface area contributed by atoms with E-state index < -0.39 is 4.92 Å². The molecule has 0 aliphatic carbocycles. The number of carbonyl (C=O) groups excluding carboxylic acids is 1. The van der Waals surface area contributed by atoms with Gasteiger partial charge in [-0.2, -0.15) is 0 Å². The molecule has 0 spiro atoms. The number of nitro groups is 1. The van der Waals surface area contributed by atoms with Gasteiger partial charge in [0.15, 0.2) is 6.61 Å². The number of nitrogens with zero attached hydrogens (tertiary/aromatic N) is 1. The van der Waals surface area contributed by atoms with E-state index in [4.69, 9.17) is 4.74 Å². The summed E-state index contributed by atoms with van der Waals surface area (Å²) in [5, 5.41) is 16.4. The first kappa shape index (κ1) is 18.3. The summed E-state index contributed by atoms with van der Waals surface area (Å²) in [7, 11) is 0. The Morgan fingerprint density at radius 3 is 2.60 bits per heavy atom. The third kappa shape index (κ3) is 6.14. The van der Waals surface area contributed by atoms with Crippen LogP contribution in [0.25, 0.3) is 0 Å². The molecule has 0 saturated carbocycles. The highest BCUT2D eigenvalue weighted by atomic mass is 16.6. The Morgan fingerprint density at radius 2 is 1.92 bits per heavy atom. The SMILES string of the molecule is CCc1cccc(OCC(=O)NCCNc2ccc([N+](=O)[O-])cc2)c1. The molecule has 0 aromatic heterocycles. The lowest BCUT2D eigenvalue weighted by Gasteiger charge is -2.09. The van der Waals surface area contributed by atoms with Crippen molar-refractivity contribution in [2.75, 3.05) is 25.0 Å². The summed E-state index contributed by atoms with van der Waals surface area (Å²) in [5.41, 5.74) is 1.96. The molecule has 25 heavy (non-hydrogen) atoms. The summed E-state index contributed by atoms with van der Waals surface area (Å²) < 4.78 is 5.46. The minimum absolute atomic E-state index is 0.0370. The zero-order valence-electron chi connectivity index (χ0n) is 14.0. The Balaban J connectivity index is 1.65. The predicted molar refractivity (Wildman–Crippen MR) is 95.9 cm³/mol. The van der Waals surface area contributed by atoms with E-state index in [1.54, 1.807) is 12.1 Å². The van der Waals surface area contributed by atoms with Crippen molar-refractivity contribution in [1.29, 1.82) is 0 Å². The van der Waals surface area contributed by atoms with E-state index in [0.29, 0.717) is 18.8 Å². The van der Waals surface area contributed by atoms with Crippen molar-refractivity contribution in [3.05, 3.63) is 64.2 Å². The second-order valence-electron chi connectivity index (χ2n) is 5.37. The Bertz CT molecular complexity index is 717. The van der Waals surface area contributed by atoms with Crippen LogP contribution in [0.1, 0.15) is 12.5 Å². The molecule has 2 aromatic carbocycles. The summed E-state index contributed by atoms with van der Waals surface area (Å²) in [6.07, 6.45) is 0.914. The third-order valence-corrected chi connectivity index (χ3v) is 3.53. The minimum Gasteiger partial charge on any atom is -0.484 e. The molecule has 0 heterocycles. The third-order valence-electron chi connectivity index (χ3n) is 3.53. The fraction of sp³-hybridized carbons (Fsp3) is 0.278. The first-order valence-electron chi connectivity index (χ1n) is 8.05. The number of nitro benzene ring substituents is 1. The Labute approximate surface area is 146 Å². The van der Waals surface area contributed by atoms with Crippen molar-refractivity contribution in [1.82, 2.24) is 5.32 Å². The number of nitrogens with one attached hydrogen (secondary N) is 2. The normalized spacial score (nSPS) is 10.1. The number of non-ortho nitro benzene ring substituents is 1. The predicted octanol–water partition coefficient (Wildman–Crippen LogP) is 2.76. The maximum absolute atomic E-state index is 11.8. The van der Waals surface area contributed by atoms with Gasteiger partial charge in [-0.1, -0.05) is 19.1 Å². The van der Waals surface area contributed by atoms with Crippen molar-refractivity contribution in [2.24, 2.45) is 0 Å². The molecule has 0 unspecified atom stereocenters. The van der Waals surface area contributed by atoms with Crippen LogP contribution in [0, 0.1) is 10.1 Å². The number of benzene rings is 2. The van der Waals surface area contributed by atoms with E-state index in [1.807, 2.05) is 24.3 Å². The van der Waals surface area contributed by atoms with Crippen LogP contribution < -0.4 is 15.4 Å². The molecule has 0 aliphatic heterocycles. The van der Waals surface area contributed by atoms with Crippen LogP contribution in [0.15, 0.2) is 48.5 Å². The molecular formula is C18H21N3O4. The highest BCUT2D eigenvalue weighted by Gasteiger charge is 2.04. The van der Waals surface area contributed by atoms with Gasteiger partial charge < -0.3 is 15.4 Å². The van der Waals surface area contributed by atoms with Gasteiger partial charge >= 0.3 is 0 Å². The molecule has 0 atom stereocenters. The number of hydrogen-bond donors (Lipinski definition) is 2. The molecule has 0 saturated heterocycles. The van der Waals surface area contributed by atoms with Crippen molar-refractivity contribution in [2.45, 2.75) is 13.3 Å². The van der Waals surface area contributed by atoms with Crippen molar-refractivity contribution >= 4 is 17.3 Å². The zero-order chi connectivity index (χ0) is 18.1. The Hall–Kier alpha value is -3.09. The molecule has 2 rings (SSSR count). The molecule has 0 radical (unpaired) electrons. The zero-order valence-corrected chi connectivity index (χ0v) is 14.0. The van der Waals surface area contributed by atoms with Gasteiger partial charge in [0.2, 0.25) is 0 Å². The highest BCUT2D eigenvalue weighted by Crippen LogP contribution is 2.15. The number of hydrogen-bond acceptors (Lipinski definition) is 5. The van der Waals surface area contributed by atoms with Gasteiger partial charge in [0, 0.05) is 30.9 Å². The quantitative estimate of drug-likeness (QED) is 0.415. The lowest BCUT2D eigenvalue weighted by atomic mass is 10.2. The fourth-order valence-electron chi connectivity index (χ4n) is 2.16. The van der Waals surface area contributed by atoms with Gasteiger partial charge in [0.25, 0.3) is 11.6 Å². The van der Waals surface area contributed by atoms with Crippen LogP contribution in [-0.2, 0) is 11.2 Å². The molecule has 7 heteroatoms. The van der Waals surface area contributed by atoms with Gasteiger partial charge in [-0.3, -0.25) is 14.9 Å². The summed E-state index contributed by atoms with van der Waals surface area (Å²) in [6.45, 7) is 2.96. The smallest absolute Gasteiger partial charge is 0.269 e. The van der Waals surface area contributed by atoms with E-state index in [-0.39, 0.29) is 18.2 Å². The van der Waals surface area contributed by atoms with Crippen LogP contribution in [0.3, 0.4) is 0 Å². The minimum atomic E-state index is -0.444. The second kappa shape index (κ2) is 9.27. The molecular weight excluding hydrogens is 322 g/mol. The van der Waals surface area contributed by atoms with Gasteiger partial charge in [0.05, 0.1) is 4.92 Å². The van der Waals surface area contributed by atoms with E-state index >= 15 is 0 Å². The van der Waals surface area contributed by atoms with Gasteiger partial charge in [-0.05, 0) is 36.2 Å². The lowest BCUT2D eigenvalue weighted by Crippen LogP contribution is -2.32. The number of aryl methyl sites for hydroxylation is 1. The standard InChI is InChI=1S/C18H21N3O4/c1-2-14-4-3-5-17(12-14)25-13-18(22)20-11-10-19-15-6-8-16(9-7-15)21(23)24/h3-9,12,19H,2,10-11,13H2,1H3,(H,20,22). The lowest BCUT2D eigenvalue weighted by molar-refractivity contribution is -0.384. The number of rotatable bonds is 9. The Morgan fingerprint density at radius 1 is 1.16 bits per heavy atom. The van der Waals surface area contributed by atoms with Crippen LogP contribution >= 0.6 is 0 Å². The summed E-state index contributed by atoms with van der Waals surface area (Å²) in [6, 6.07) is 13.8. The molecule has 2 N–H and O–H groups in total.